The van der Waals surface area contributed by atoms with Crippen molar-refractivity contribution < 1.29 is 0 Å². The van der Waals surface area contributed by atoms with Gasteiger partial charge in [0, 0.05) is 13.1 Å². The van der Waals surface area contributed by atoms with Gasteiger partial charge in [0.05, 0.1) is 8.07 Å². The first-order valence-corrected chi connectivity index (χ1v) is 7.11. The van der Waals surface area contributed by atoms with E-state index >= 15 is 0 Å². The summed E-state index contributed by atoms with van der Waals surface area (Å²) in [5.41, 5.74) is 0. The molecule has 0 aromatic heterocycles. The van der Waals surface area contributed by atoms with Gasteiger partial charge in [0.15, 0.2) is 0 Å². The third-order valence-electron chi connectivity index (χ3n) is 2.31. The van der Waals surface area contributed by atoms with Gasteiger partial charge in [-0.1, -0.05) is 18.3 Å². The summed E-state index contributed by atoms with van der Waals surface area (Å²) >= 11 is 0. The molecule has 1 aliphatic rings. The molecule has 1 aliphatic heterocycles. The van der Waals surface area contributed by atoms with E-state index in [0.29, 0.717) is 0 Å². The molecule has 0 N–H and O–H groups in total. The van der Waals surface area contributed by atoms with Crippen molar-refractivity contribution in [2.24, 2.45) is 0 Å². The molecule has 10 heavy (non-hydrogen) atoms. The molecule has 0 aliphatic carbocycles. The molecule has 1 fully saturated rings. The molecule has 1 saturated heterocycles. The van der Waals surface area contributed by atoms with Crippen LogP contribution < -0.4 is 0 Å². The van der Waals surface area contributed by atoms with E-state index in [9.17, 15) is 0 Å². The minimum atomic E-state index is -1.05. The molecule has 0 aromatic carbocycles. The third-order valence-corrected chi connectivity index (χ3v) is 5.86. The van der Waals surface area contributed by atoms with Crippen LogP contribution in [0.2, 0.25) is 13.1 Å². The Morgan fingerprint density at radius 3 is 2.30 bits per heavy atom. The Morgan fingerprint density at radius 2 is 2.00 bits per heavy atom. The minimum absolute atomic E-state index is 1.05. The second-order valence-electron chi connectivity index (χ2n) is 3.94. The summed E-state index contributed by atoms with van der Waals surface area (Å²) in [6, 6.07) is 0. The smallest absolute Gasteiger partial charge is 0.0886 e. The van der Waals surface area contributed by atoms with Gasteiger partial charge in [-0.2, -0.15) is 0 Å². The second-order valence-corrected chi connectivity index (χ2v) is 8.88. The molecule has 2 heteroatoms. The standard InChI is InChI=1S/C8H17NSi/c1-8(2)10(3,4)7-9-5-6-9/h1,5-7H2,2-4H3. The molecule has 1 rings (SSSR count). The van der Waals surface area contributed by atoms with Crippen LogP contribution in [0.1, 0.15) is 6.92 Å². The highest BCUT2D eigenvalue weighted by atomic mass is 28.3. The summed E-state index contributed by atoms with van der Waals surface area (Å²) in [6.45, 7) is 13.7. The lowest BCUT2D eigenvalue weighted by Gasteiger charge is -2.22. The molecule has 0 amide bonds. The fourth-order valence-electron chi connectivity index (χ4n) is 0.923. The van der Waals surface area contributed by atoms with Crippen LogP contribution in [0.5, 0.6) is 0 Å². The van der Waals surface area contributed by atoms with Crippen LogP contribution in [-0.2, 0) is 0 Å². The Hall–Kier alpha value is -0.0831. The van der Waals surface area contributed by atoms with E-state index in [-0.39, 0.29) is 0 Å². The van der Waals surface area contributed by atoms with Crippen LogP contribution in [0.15, 0.2) is 11.8 Å². The van der Waals surface area contributed by atoms with Crippen molar-refractivity contribution >= 4 is 8.07 Å². The summed E-state index contributed by atoms with van der Waals surface area (Å²) in [7, 11) is -1.05. The fourth-order valence-corrected chi connectivity index (χ4v) is 2.63. The van der Waals surface area contributed by atoms with Crippen molar-refractivity contribution in [1.29, 1.82) is 0 Å². The van der Waals surface area contributed by atoms with Gasteiger partial charge in [-0.3, -0.25) is 0 Å². The minimum Gasteiger partial charge on any atom is -0.303 e. The Bertz CT molecular complexity index is 147. The molecule has 0 spiro atoms. The monoisotopic (exact) mass is 155 g/mol. The third kappa shape index (κ3) is 1.96. The SMILES string of the molecule is C=C(C)[Si](C)(C)CN1CC1. The van der Waals surface area contributed by atoms with E-state index in [1.54, 1.807) is 0 Å². The van der Waals surface area contributed by atoms with Crippen molar-refractivity contribution in [3.8, 4) is 0 Å². The van der Waals surface area contributed by atoms with Gasteiger partial charge in [-0.15, -0.1) is 6.58 Å². The lowest BCUT2D eigenvalue weighted by atomic mass is 10.8. The highest BCUT2D eigenvalue weighted by molar-refractivity contribution is 6.84. The average Bonchev–Trinajstić information content (AvgIpc) is 2.48. The maximum Gasteiger partial charge on any atom is 0.0886 e. The maximum atomic E-state index is 4.04. The van der Waals surface area contributed by atoms with Crippen LogP contribution in [0.25, 0.3) is 0 Å². The molecule has 1 nitrogen and oxygen atoms in total. The molecule has 0 saturated carbocycles. The largest absolute Gasteiger partial charge is 0.303 e. The zero-order chi connectivity index (χ0) is 7.78. The van der Waals surface area contributed by atoms with E-state index < -0.39 is 8.07 Å². The Morgan fingerprint density at radius 1 is 1.50 bits per heavy atom. The maximum absolute atomic E-state index is 4.04. The van der Waals surface area contributed by atoms with Crippen molar-refractivity contribution in [3.05, 3.63) is 11.8 Å². The van der Waals surface area contributed by atoms with Crippen molar-refractivity contribution in [3.63, 3.8) is 0 Å². The first-order valence-electron chi connectivity index (χ1n) is 3.91. The van der Waals surface area contributed by atoms with Gasteiger partial charge < -0.3 is 4.90 Å². The van der Waals surface area contributed by atoms with Crippen LogP contribution >= 0.6 is 0 Å². The number of rotatable bonds is 3. The Kier molecular flexibility index (Phi) is 2.01. The molecule has 1 heterocycles. The van der Waals surface area contributed by atoms with Gasteiger partial charge in [0.2, 0.25) is 0 Å². The van der Waals surface area contributed by atoms with Crippen molar-refractivity contribution in [2.75, 3.05) is 19.3 Å². The molecule has 0 unspecified atom stereocenters. The fraction of sp³-hybridized carbons (Fsp3) is 0.750. The Labute approximate surface area is 64.7 Å². The van der Waals surface area contributed by atoms with E-state index in [1.165, 1.54) is 24.5 Å². The predicted octanol–water partition coefficient (Wildman–Crippen LogP) is 1.66. The van der Waals surface area contributed by atoms with Gasteiger partial charge in [-0.05, 0) is 13.1 Å². The highest BCUT2D eigenvalue weighted by Gasteiger charge is 2.29. The van der Waals surface area contributed by atoms with E-state index in [2.05, 4.69) is 31.5 Å². The lowest BCUT2D eigenvalue weighted by Crippen LogP contribution is -2.36. The highest BCUT2D eigenvalue weighted by Crippen LogP contribution is 2.17. The summed E-state index contributed by atoms with van der Waals surface area (Å²) in [6.07, 6.45) is 1.32. The summed E-state index contributed by atoms with van der Waals surface area (Å²) < 4.78 is 0. The van der Waals surface area contributed by atoms with E-state index in [0.717, 1.165) is 0 Å². The molecule has 0 atom stereocenters. The molecule has 0 bridgehead atoms. The van der Waals surface area contributed by atoms with Gasteiger partial charge in [0.25, 0.3) is 0 Å². The van der Waals surface area contributed by atoms with Crippen LogP contribution in [0, 0.1) is 0 Å². The lowest BCUT2D eigenvalue weighted by molar-refractivity contribution is 0.649. The van der Waals surface area contributed by atoms with Crippen LogP contribution in [0.3, 0.4) is 0 Å². The van der Waals surface area contributed by atoms with E-state index in [4.69, 9.17) is 0 Å². The number of hydrogen-bond donors (Lipinski definition) is 0. The van der Waals surface area contributed by atoms with Crippen molar-refractivity contribution in [1.82, 2.24) is 4.90 Å². The quantitative estimate of drug-likeness (QED) is 0.442. The van der Waals surface area contributed by atoms with E-state index in [1.807, 2.05) is 0 Å². The average molecular weight is 155 g/mol. The predicted molar refractivity (Wildman–Crippen MR) is 48.7 cm³/mol. The first-order chi connectivity index (χ1) is 4.52. The summed E-state index contributed by atoms with van der Waals surface area (Å²) in [5, 5.41) is 1.43. The molecule has 58 valence electrons. The van der Waals surface area contributed by atoms with Crippen LogP contribution in [0.4, 0.5) is 0 Å². The Balaban J connectivity index is 2.40. The zero-order valence-corrected chi connectivity index (χ0v) is 8.28. The molecular weight excluding hydrogens is 138 g/mol. The topological polar surface area (TPSA) is 3.01 Å². The summed E-state index contributed by atoms with van der Waals surface area (Å²) in [5.74, 6) is 0. The number of hydrogen-bond acceptors (Lipinski definition) is 1. The molecular formula is C8H17NSi. The summed E-state index contributed by atoms with van der Waals surface area (Å²) in [4.78, 5) is 2.50. The van der Waals surface area contributed by atoms with Crippen molar-refractivity contribution in [2.45, 2.75) is 20.0 Å². The van der Waals surface area contributed by atoms with Gasteiger partial charge >= 0.3 is 0 Å². The van der Waals surface area contributed by atoms with Gasteiger partial charge in [0.1, 0.15) is 0 Å². The molecule has 0 aromatic rings. The zero-order valence-electron chi connectivity index (χ0n) is 7.28. The van der Waals surface area contributed by atoms with Gasteiger partial charge in [-0.25, -0.2) is 0 Å². The van der Waals surface area contributed by atoms with Crippen LogP contribution in [-0.4, -0.2) is 32.2 Å². The number of nitrogens with zero attached hydrogens (tertiary/aromatic N) is 1. The first kappa shape index (κ1) is 8.02. The normalized spacial score (nSPS) is 19.1. The second kappa shape index (κ2) is 2.51. The molecule has 0 radical (unpaired) electrons. The number of allylic oxidation sites excluding steroid dienone is 1.